The number of nitrogens with zero attached hydrogens (tertiary/aromatic N) is 1. The van der Waals surface area contributed by atoms with Gasteiger partial charge >= 0.3 is 0 Å². The van der Waals surface area contributed by atoms with Crippen LogP contribution in [0.2, 0.25) is 0 Å². The lowest BCUT2D eigenvalue weighted by Crippen LogP contribution is -2.01. The van der Waals surface area contributed by atoms with E-state index in [1.807, 2.05) is 30.3 Å². The average molecular weight is 232 g/mol. The summed E-state index contributed by atoms with van der Waals surface area (Å²) in [5.41, 5.74) is 1.73. The van der Waals surface area contributed by atoms with Gasteiger partial charge in [0, 0.05) is 18.1 Å². The number of para-hydroxylation sites is 2. The lowest BCUT2D eigenvalue weighted by atomic mass is 10.2. The van der Waals surface area contributed by atoms with Crippen molar-refractivity contribution in [3.8, 4) is 5.75 Å². The Morgan fingerprint density at radius 2 is 1.88 bits per heavy atom. The number of pyridine rings is 1. The number of hydrogen-bond acceptors (Lipinski definition) is 3. The maximum Gasteiger partial charge on any atom is 0.142 e. The summed E-state index contributed by atoms with van der Waals surface area (Å²) in [6, 6.07) is 11.1. The number of nitrogens with one attached hydrogen (secondary N) is 1. The summed E-state index contributed by atoms with van der Waals surface area (Å²) in [5, 5.41) is 3.19. The maximum absolute atomic E-state index is 12.1. The van der Waals surface area contributed by atoms with Gasteiger partial charge in [0.25, 0.3) is 0 Å². The van der Waals surface area contributed by atoms with E-state index >= 15 is 0 Å². The highest BCUT2D eigenvalue weighted by Crippen LogP contribution is 2.26. The average Bonchev–Trinajstić information content (AvgIpc) is 2.39. The second kappa shape index (κ2) is 5.84. The third-order valence-electron chi connectivity index (χ3n) is 2.18. The molecule has 0 saturated heterocycles. The molecule has 0 aliphatic carbocycles. The minimum absolute atomic E-state index is 0.0645. The molecule has 1 N–H and O–H groups in total. The van der Waals surface area contributed by atoms with Crippen molar-refractivity contribution in [1.82, 2.24) is 4.98 Å². The molecular weight excluding hydrogens is 219 g/mol. The Morgan fingerprint density at radius 3 is 2.65 bits per heavy atom. The minimum Gasteiger partial charge on any atom is -0.489 e. The van der Waals surface area contributed by atoms with Crippen molar-refractivity contribution in [2.24, 2.45) is 0 Å². The zero-order chi connectivity index (χ0) is 11.9. The van der Waals surface area contributed by atoms with Gasteiger partial charge in [-0.2, -0.15) is 0 Å². The van der Waals surface area contributed by atoms with Gasteiger partial charge in [0.1, 0.15) is 19.0 Å². The number of hydrogen-bond donors (Lipinski definition) is 1. The van der Waals surface area contributed by atoms with Crippen LogP contribution < -0.4 is 10.1 Å². The molecule has 2 rings (SSSR count). The molecule has 0 aliphatic heterocycles. The first-order valence-electron chi connectivity index (χ1n) is 5.35. The predicted molar refractivity (Wildman–Crippen MR) is 65.4 cm³/mol. The minimum atomic E-state index is -0.496. The molecule has 0 amide bonds. The molecule has 17 heavy (non-hydrogen) atoms. The topological polar surface area (TPSA) is 34.1 Å². The van der Waals surface area contributed by atoms with E-state index in [4.69, 9.17) is 4.74 Å². The van der Waals surface area contributed by atoms with Crippen LogP contribution in [-0.2, 0) is 0 Å². The second-order valence-electron chi connectivity index (χ2n) is 3.39. The molecule has 0 fully saturated rings. The molecule has 0 atom stereocenters. The fraction of sp³-hybridized carbons (Fsp3) is 0.154. The summed E-state index contributed by atoms with van der Waals surface area (Å²) in [6.07, 6.45) is 3.40. The number of alkyl halides is 1. The molecule has 88 valence electrons. The lowest BCUT2D eigenvalue weighted by molar-refractivity contribution is 0.274. The van der Waals surface area contributed by atoms with Gasteiger partial charge in [-0.1, -0.05) is 12.1 Å². The molecular formula is C13H13FN2O. The first kappa shape index (κ1) is 11.4. The third-order valence-corrected chi connectivity index (χ3v) is 2.18. The fourth-order valence-electron chi connectivity index (χ4n) is 1.44. The summed E-state index contributed by atoms with van der Waals surface area (Å²) >= 11 is 0. The van der Waals surface area contributed by atoms with E-state index in [1.165, 1.54) is 0 Å². The van der Waals surface area contributed by atoms with E-state index < -0.39 is 6.67 Å². The Kier molecular flexibility index (Phi) is 3.91. The van der Waals surface area contributed by atoms with Crippen LogP contribution in [0.1, 0.15) is 0 Å². The van der Waals surface area contributed by atoms with Crippen molar-refractivity contribution >= 4 is 11.4 Å². The van der Waals surface area contributed by atoms with Crippen molar-refractivity contribution in [2.75, 3.05) is 18.6 Å². The highest BCUT2D eigenvalue weighted by Gasteiger charge is 2.02. The number of aromatic nitrogens is 1. The summed E-state index contributed by atoms with van der Waals surface area (Å²) in [5.74, 6) is 0.641. The first-order chi connectivity index (χ1) is 8.40. The number of ether oxygens (including phenoxy) is 1. The molecule has 0 spiro atoms. The summed E-state index contributed by atoms with van der Waals surface area (Å²) in [6.45, 7) is -0.432. The predicted octanol–water partition coefficient (Wildman–Crippen LogP) is 3.17. The summed E-state index contributed by atoms with van der Waals surface area (Å²) in [7, 11) is 0. The number of rotatable bonds is 5. The molecule has 0 aliphatic rings. The smallest absolute Gasteiger partial charge is 0.142 e. The van der Waals surface area contributed by atoms with Crippen molar-refractivity contribution in [2.45, 2.75) is 0 Å². The van der Waals surface area contributed by atoms with E-state index in [-0.39, 0.29) is 6.61 Å². The molecule has 1 aromatic heterocycles. The monoisotopic (exact) mass is 232 g/mol. The van der Waals surface area contributed by atoms with Gasteiger partial charge in [0.05, 0.1) is 5.69 Å². The Bertz CT molecular complexity index is 462. The Labute approximate surface area is 99.3 Å². The molecule has 0 unspecified atom stereocenters. The van der Waals surface area contributed by atoms with Crippen LogP contribution in [0.4, 0.5) is 15.8 Å². The fourth-order valence-corrected chi connectivity index (χ4v) is 1.44. The Balaban J connectivity index is 2.15. The van der Waals surface area contributed by atoms with Crippen LogP contribution >= 0.6 is 0 Å². The molecule has 2 aromatic rings. The van der Waals surface area contributed by atoms with Crippen molar-refractivity contribution in [3.05, 3.63) is 48.8 Å². The van der Waals surface area contributed by atoms with Crippen LogP contribution in [0.3, 0.4) is 0 Å². The van der Waals surface area contributed by atoms with Gasteiger partial charge in [-0.05, 0) is 24.3 Å². The lowest BCUT2D eigenvalue weighted by Gasteiger charge is -2.12. The van der Waals surface area contributed by atoms with Crippen molar-refractivity contribution in [3.63, 3.8) is 0 Å². The maximum atomic E-state index is 12.1. The third kappa shape index (κ3) is 3.17. The SMILES string of the molecule is FCCOc1ccccc1Nc1ccncc1. The van der Waals surface area contributed by atoms with E-state index in [0.29, 0.717) is 5.75 Å². The highest BCUT2D eigenvalue weighted by molar-refractivity contribution is 5.65. The first-order valence-corrected chi connectivity index (χ1v) is 5.35. The molecule has 1 heterocycles. The standard InChI is InChI=1S/C13H13FN2O/c14-7-10-17-13-4-2-1-3-12(13)16-11-5-8-15-9-6-11/h1-6,8-9H,7,10H2,(H,15,16). The highest BCUT2D eigenvalue weighted by atomic mass is 19.1. The largest absolute Gasteiger partial charge is 0.489 e. The molecule has 0 bridgehead atoms. The van der Waals surface area contributed by atoms with Gasteiger partial charge in [-0.15, -0.1) is 0 Å². The van der Waals surface area contributed by atoms with Crippen LogP contribution in [0.25, 0.3) is 0 Å². The van der Waals surface area contributed by atoms with Gasteiger partial charge in [0.15, 0.2) is 0 Å². The molecule has 4 heteroatoms. The van der Waals surface area contributed by atoms with E-state index in [1.54, 1.807) is 18.5 Å². The normalized spacial score (nSPS) is 9.94. The van der Waals surface area contributed by atoms with Crippen molar-refractivity contribution in [1.29, 1.82) is 0 Å². The summed E-state index contributed by atoms with van der Waals surface area (Å²) < 4.78 is 17.4. The van der Waals surface area contributed by atoms with Gasteiger partial charge in [-0.25, -0.2) is 4.39 Å². The number of anilines is 2. The van der Waals surface area contributed by atoms with E-state index in [0.717, 1.165) is 11.4 Å². The molecule has 1 aromatic carbocycles. The zero-order valence-electron chi connectivity index (χ0n) is 9.27. The summed E-state index contributed by atoms with van der Waals surface area (Å²) in [4.78, 5) is 3.94. The van der Waals surface area contributed by atoms with Crippen molar-refractivity contribution < 1.29 is 9.13 Å². The molecule has 0 saturated carbocycles. The second-order valence-corrected chi connectivity index (χ2v) is 3.39. The number of benzene rings is 1. The Morgan fingerprint density at radius 1 is 1.12 bits per heavy atom. The van der Waals surface area contributed by atoms with Crippen LogP contribution in [-0.4, -0.2) is 18.3 Å². The Hall–Kier alpha value is -2.10. The van der Waals surface area contributed by atoms with Gasteiger partial charge in [-0.3, -0.25) is 4.98 Å². The van der Waals surface area contributed by atoms with Gasteiger partial charge < -0.3 is 10.1 Å². The van der Waals surface area contributed by atoms with Crippen LogP contribution in [0.5, 0.6) is 5.75 Å². The quantitative estimate of drug-likeness (QED) is 0.859. The van der Waals surface area contributed by atoms with Gasteiger partial charge in [0.2, 0.25) is 0 Å². The van der Waals surface area contributed by atoms with E-state index in [9.17, 15) is 4.39 Å². The van der Waals surface area contributed by atoms with Crippen LogP contribution in [0, 0.1) is 0 Å². The van der Waals surface area contributed by atoms with Crippen LogP contribution in [0.15, 0.2) is 48.8 Å². The molecule has 0 radical (unpaired) electrons. The zero-order valence-corrected chi connectivity index (χ0v) is 9.27. The number of halogens is 1. The van der Waals surface area contributed by atoms with E-state index in [2.05, 4.69) is 10.3 Å². The molecule has 3 nitrogen and oxygen atoms in total.